The van der Waals surface area contributed by atoms with Crippen molar-refractivity contribution < 1.29 is 0 Å². The average molecular weight is 297 g/mol. The quantitative estimate of drug-likeness (QED) is 0.787. The van der Waals surface area contributed by atoms with Crippen molar-refractivity contribution in [2.45, 2.75) is 46.8 Å². The number of imidazole rings is 1. The van der Waals surface area contributed by atoms with E-state index in [2.05, 4.69) is 69.6 Å². The van der Waals surface area contributed by atoms with E-state index in [-0.39, 0.29) is 0 Å². The molecule has 3 heterocycles. The lowest BCUT2D eigenvalue weighted by atomic mass is 10.3. The van der Waals surface area contributed by atoms with Gasteiger partial charge in [0.05, 0.1) is 24.1 Å². The van der Waals surface area contributed by atoms with Crippen molar-refractivity contribution in [3.05, 3.63) is 53.2 Å². The average Bonchev–Trinajstić information content (AvgIpc) is 3.01. The Bertz CT molecular complexity index is 784. The maximum Gasteiger partial charge on any atom is 0.139 e. The van der Waals surface area contributed by atoms with Crippen molar-refractivity contribution in [2.75, 3.05) is 0 Å². The standard InChI is InChI=1S/C17H23N5/c1-12-6-5-7-21-16(10-19-17(12)21)9-18-14(3)11-22-15(4)8-13(2)20-22/h5-8,10,14,18H,9,11H2,1-4H3/t14-/m1/s1. The summed E-state index contributed by atoms with van der Waals surface area (Å²) in [5, 5.41) is 8.08. The summed E-state index contributed by atoms with van der Waals surface area (Å²) in [6.07, 6.45) is 4.02. The number of hydrogen-bond acceptors (Lipinski definition) is 3. The van der Waals surface area contributed by atoms with E-state index in [0.29, 0.717) is 6.04 Å². The Morgan fingerprint density at radius 1 is 1.27 bits per heavy atom. The Kier molecular flexibility index (Phi) is 3.98. The number of aromatic nitrogens is 4. The molecule has 0 unspecified atom stereocenters. The van der Waals surface area contributed by atoms with Crippen molar-refractivity contribution in [1.29, 1.82) is 0 Å². The Morgan fingerprint density at radius 3 is 2.82 bits per heavy atom. The summed E-state index contributed by atoms with van der Waals surface area (Å²) in [5.74, 6) is 0. The van der Waals surface area contributed by atoms with E-state index in [1.807, 2.05) is 13.1 Å². The molecule has 3 rings (SSSR count). The van der Waals surface area contributed by atoms with Crippen LogP contribution < -0.4 is 5.32 Å². The number of nitrogens with zero attached hydrogens (tertiary/aromatic N) is 4. The summed E-state index contributed by atoms with van der Waals surface area (Å²) in [6.45, 7) is 10.1. The van der Waals surface area contributed by atoms with Crippen molar-refractivity contribution in [1.82, 2.24) is 24.5 Å². The van der Waals surface area contributed by atoms with Crippen LogP contribution in [0.2, 0.25) is 0 Å². The lowest BCUT2D eigenvalue weighted by molar-refractivity contribution is 0.441. The number of pyridine rings is 1. The van der Waals surface area contributed by atoms with E-state index in [1.54, 1.807) is 0 Å². The lowest BCUT2D eigenvalue weighted by Gasteiger charge is -2.15. The van der Waals surface area contributed by atoms with Crippen LogP contribution in [0.1, 0.15) is 29.6 Å². The molecule has 5 heteroatoms. The molecular weight excluding hydrogens is 274 g/mol. The van der Waals surface area contributed by atoms with Gasteiger partial charge in [0.15, 0.2) is 0 Å². The third-order valence-electron chi connectivity index (χ3n) is 3.99. The number of rotatable bonds is 5. The monoisotopic (exact) mass is 297 g/mol. The van der Waals surface area contributed by atoms with Crippen molar-refractivity contribution in [3.63, 3.8) is 0 Å². The molecule has 0 amide bonds. The van der Waals surface area contributed by atoms with Gasteiger partial charge in [-0.1, -0.05) is 6.07 Å². The van der Waals surface area contributed by atoms with Gasteiger partial charge < -0.3 is 9.72 Å². The number of fused-ring (bicyclic) bond motifs is 1. The SMILES string of the molecule is Cc1cc(C)n(C[C@@H](C)NCc2cnc3c(C)cccn23)n1. The summed E-state index contributed by atoms with van der Waals surface area (Å²) in [7, 11) is 0. The molecule has 0 aliphatic carbocycles. The van der Waals surface area contributed by atoms with Crippen LogP contribution in [0.25, 0.3) is 5.65 Å². The van der Waals surface area contributed by atoms with Crippen LogP contribution in [-0.4, -0.2) is 25.2 Å². The molecule has 3 aromatic rings. The Labute approximate surface area is 131 Å². The largest absolute Gasteiger partial charge is 0.307 e. The highest BCUT2D eigenvalue weighted by molar-refractivity contribution is 5.48. The van der Waals surface area contributed by atoms with Gasteiger partial charge in [-0.15, -0.1) is 0 Å². The minimum atomic E-state index is 0.341. The van der Waals surface area contributed by atoms with Gasteiger partial charge in [0.1, 0.15) is 5.65 Å². The molecule has 0 saturated heterocycles. The second-order valence-corrected chi connectivity index (χ2v) is 6.03. The Morgan fingerprint density at radius 2 is 2.09 bits per heavy atom. The Hall–Kier alpha value is -2.14. The predicted octanol–water partition coefficient (Wildman–Crippen LogP) is 2.63. The van der Waals surface area contributed by atoms with Gasteiger partial charge >= 0.3 is 0 Å². The number of hydrogen-bond donors (Lipinski definition) is 1. The van der Waals surface area contributed by atoms with E-state index in [1.165, 1.54) is 17.0 Å². The topological polar surface area (TPSA) is 47.2 Å². The summed E-state index contributed by atoms with van der Waals surface area (Å²) in [5.41, 5.74) is 5.69. The zero-order valence-corrected chi connectivity index (χ0v) is 13.7. The molecule has 0 radical (unpaired) electrons. The zero-order chi connectivity index (χ0) is 15.7. The summed E-state index contributed by atoms with van der Waals surface area (Å²) < 4.78 is 4.21. The van der Waals surface area contributed by atoms with Gasteiger partial charge in [-0.25, -0.2) is 4.98 Å². The molecule has 116 valence electrons. The third-order valence-corrected chi connectivity index (χ3v) is 3.99. The third kappa shape index (κ3) is 2.90. The van der Waals surface area contributed by atoms with E-state index in [9.17, 15) is 0 Å². The number of nitrogens with one attached hydrogen (secondary N) is 1. The van der Waals surface area contributed by atoms with Crippen molar-refractivity contribution in [3.8, 4) is 0 Å². The zero-order valence-electron chi connectivity index (χ0n) is 13.7. The van der Waals surface area contributed by atoms with Crippen LogP contribution in [0.3, 0.4) is 0 Å². The van der Waals surface area contributed by atoms with Crippen LogP contribution >= 0.6 is 0 Å². The van der Waals surface area contributed by atoms with Crippen molar-refractivity contribution >= 4 is 5.65 Å². The highest BCUT2D eigenvalue weighted by Gasteiger charge is 2.09. The van der Waals surface area contributed by atoms with Crippen LogP contribution in [0.5, 0.6) is 0 Å². The number of aryl methyl sites for hydroxylation is 3. The minimum Gasteiger partial charge on any atom is -0.307 e. The van der Waals surface area contributed by atoms with E-state index >= 15 is 0 Å². The van der Waals surface area contributed by atoms with Gasteiger partial charge in [0.2, 0.25) is 0 Å². The van der Waals surface area contributed by atoms with Crippen LogP contribution in [0.4, 0.5) is 0 Å². The summed E-state index contributed by atoms with van der Waals surface area (Å²) >= 11 is 0. The second-order valence-electron chi connectivity index (χ2n) is 6.03. The second kappa shape index (κ2) is 5.93. The van der Waals surface area contributed by atoms with Crippen LogP contribution in [0, 0.1) is 20.8 Å². The summed E-state index contributed by atoms with van der Waals surface area (Å²) in [4.78, 5) is 4.50. The molecule has 0 aromatic carbocycles. The Balaban J connectivity index is 1.66. The molecule has 0 fully saturated rings. The first-order valence-electron chi connectivity index (χ1n) is 7.70. The molecule has 1 N–H and O–H groups in total. The fourth-order valence-electron chi connectivity index (χ4n) is 2.80. The molecule has 1 atom stereocenters. The maximum absolute atomic E-state index is 4.52. The molecular formula is C17H23N5. The molecule has 0 aliphatic rings. The van der Waals surface area contributed by atoms with Gasteiger partial charge in [-0.05, 0) is 45.4 Å². The molecule has 3 aromatic heterocycles. The fraction of sp³-hybridized carbons (Fsp3) is 0.412. The molecule has 22 heavy (non-hydrogen) atoms. The van der Waals surface area contributed by atoms with Crippen molar-refractivity contribution in [2.24, 2.45) is 0 Å². The fourth-order valence-corrected chi connectivity index (χ4v) is 2.80. The van der Waals surface area contributed by atoms with Gasteiger partial charge in [0.25, 0.3) is 0 Å². The highest BCUT2D eigenvalue weighted by atomic mass is 15.3. The normalized spacial score (nSPS) is 12.9. The summed E-state index contributed by atoms with van der Waals surface area (Å²) in [6, 6.07) is 6.60. The van der Waals surface area contributed by atoms with Gasteiger partial charge in [0, 0.05) is 24.5 Å². The molecule has 5 nitrogen and oxygen atoms in total. The molecule has 0 aliphatic heterocycles. The lowest BCUT2D eigenvalue weighted by Crippen LogP contribution is -2.31. The molecule has 0 spiro atoms. The predicted molar refractivity (Wildman–Crippen MR) is 87.9 cm³/mol. The smallest absolute Gasteiger partial charge is 0.139 e. The van der Waals surface area contributed by atoms with E-state index in [4.69, 9.17) is 0 Å². The highest BCUT2D eigenvalue weighted by Crippen LogP contribution is 2.11. The first-order valence-corrected chi connectivity index (χ1v) is 7.70. The first kappa shape index (κ1) is 14.8. The van der Waals surface area contributed by atoms with Gasteiger partial charge in [-0.2, -0.15) is 5.10 Å². The van der Waals surface area contributed by atoms with E-state index < -0.39 is 0 Å². The van der Waals surface area contributed by atoms with Gasteiger partial charge in [-0.3, -0.25) is 4.68 Å². The molecule has 0 bridgehead atoms. The first-order chi connectivity index (χ1) is 10.5. The maximum atomic E-state index is 4.52. The van der Waals surface area contributed by atoms with E-state index in [0.717, 1.165) is 24.4 Å². The van der Waals surface area contributed by atoms with Crippen LogP contribution in [-0.2, 0) is 13.1 Å². The molecule has 0 saturated carbocycles. The van der Waals surface area contributed by atoms with Crippen LogP contribution in [0.15, 0.2) is 30.6 Å². The minimum absolute atomic E-state index is 0.341.